The Morgan fingerprint density at radius 1 is 1.36 bits per heavy atom. The maximum Gasteiger partial charge on any atom is 0.0992 e. The molecule has 0 saturated heterocycles. The molecule has 0 aliphatic rings. The van der Waals surface area contributed by atoms with E-state index in [2.05, 4.69) is 11.4 Å². The van der Waals surface area contributed by atoms with Crippen LogP contribution in [0.4, 0.5) is 11.4 Å². The highest BCUT2D eigenvalue weighted by Gasteiger charge is 2.11. The third kappa shape index (κ3) is 2.67. The third-order valence-corrected chi connectivity index (χ3v) is 1.69. The van der Waals surface area contributed by atoms with Gasteiger partial charge in [-0.2, -0.15) is 5.26 Å². The number of hydrogen-bond acceptors (Lipinski definition) is 3. The van der Waals surface area contributed by atoms with E-state index in [0.717, 1.165) is 5.69 Å². The van der Waals surface area contributed by atoms with Crippen molar-refractivity contribution in [3.8, 4) is 6.07 Å². The Bertz CT molecular complexity index is 369. The Morgan fingerprint density at radius 2 is 2.00 bits per heavy atom. The highest BCUT2D eigenvalue weighted by atomic mass is 15.0. The van der Waals surface area contributed by atoms with Gasteiger partial charge in [0.15, 0.2) is 0 Å². The minimum atomic E-state index is -0.0534. The maximum atomic E-state index is 8.73. The molecule has 1 aromatic carbocycles. The van der Waals surface area contributed by atoms with Crippen molar-refractivity contribution in [3.63, 3.8) is 0 Å². The number of nitrogen functional groups attached to an aromatic ring is 1. The van der Waals surface area contributed by atoms with Crippen LogP contribution in [0.5, 0.6) is 0 Å². The first-order valence-electron chi connectivity index (χ1n) is 4.50. The zero-order valence-corrected chi connectivity index (χ0v) is 8.76. The lowest BCUT2D eigenvalue weighted by Gasteiger charge is -2.23. The smallest absolute Gasteiger partial charge is 0.0992 e. The van der Waals surface area contributed by atoms with E-state index in [1.807, 2.05) is 20.8 Å². The molecule has 3 N–H and O–H groups in total. The number of nitrogens with zero attached hydrogens (tertiary/aromatic N) is 1. The van der Waals surface area contributed by atoms with Gasteiger partial charge < -0.3 is 11.1 Å². The Balaban J connectivity index is 3.03. The van der Waals surface area contributed by atoms with Crippen LogP contribution in [-0.4, -0.2) is 5.54 Å². The molecule has 1 aromatic rings. The van der Waals surface area contributed by atoms with Crippen LogP contribution >= 0.6 is 0 Å². The second-order valence-electron chi connectivity index (χ2n) is 4.29. The van der Waals surface area contributed by atoms with Crippen molar-refractivity contribution < 1.29 is 0 Å². The van der Waals surface area contributed by atoms with Gasteiger partial charge in [0, 0.05) is 5.54 Å². The van der Waals surface area contributed by atoms with E-state index in [1.165, 1.54) is 0 Å². The van der Waals surface area contributed by atoms with E-state index in [9.17, 15) is 0 Å². The molecule has 0 aliphatic heterocycles. The minimum Gasteiger partial charge on any atom is -0.397 e. The first-order chi connectivity index (χ1) is 6.42. The summed E-state index contributed by atoms with van der Waals surface area (Å²) in [5.74, 6) is 0. The van der Waals surface area contributed by atoms with Crippen molar-refractivity contribution >= 4 is 11.4 Å². The number of benzene rings is 1. The van der Waals surface area contributed by atoms with Crippen LogP contribution in [0, 0.1) is 11.3 Å². The molecule has 0 heterocycles. The van der Waals surface area contributed by atoms with E-state index < -0.39 is 0 Å². The summed E-state index contributed by atoms with van der Waals surface area (Å²) in [5, 5.41) is 12.0. The summed E-state index contributed by atoms with van der Waals surface area (Å²) in [6.45, 7) is 6.14. The number of hydrogen-bond donors (Lipinski definition) is 2. The molecule has 1 rings (SSSR count). The van der Waals surface area contributed by atoms with Crippen molar-refractivity contribution in [1.29, 1.82) is 5.26 Å². The summed E-state index contributed by atoms with van der Waals surface area (Å²) in [7, 11) is 0. The minimum absolute atomic E-state index is 0.0534. The van der Waals surface area contributed by atoms with Crippen LogP contribution in [0.15, 0.2) is 18.2 Å². The molecule has 0 fully saturated rings. The highest BCUT2D eigenvalue weighted by molar-refractivity contribution is 5.68. The lowest BCUT2D eigenvalue weighted by Crippen LogP contribution is -2.26. The Hall–Kier alpha value is -1.69. The summed E-state index contributed by atoms with van der Waals surface area (Å²) in [4.78, 5) is 0. The Kier molecular flexibility index (Phi) is 2.66. The van der Waals surface area contributed by atoms with Crippen molar-refractivity contribution in [2.24, 2.45) is 0 Å². The van der Waals surface area contributed by atoms with Crippen LogP contribution in [0.25, 0.3) is 0 Å². The lowest BCUT2D eigenvalue weighted by molar-refractivity contribution is 0.634. The standard InChI is InChI=1S/C11H15N3/c1-11(2,3)14-10-6-8(7-12)4-5-9(10)13/h4-6,14H,13H2,1-3H3. The van der Waals surface area contributed by atoms with E-state index in [-0.39, 0.29) is 5.54 Å². The molecule has 0 aromatic heterocycles. The zero-order valence-electron chi connectivity index (χ0n) is 8.76. The Labute approximate surface area is 84.5 Å². The summed E-state index contributed by atoms with van der Waals surface area (Å²) >= 11 is 0. The molecule has 0 aliphatic carbocycles. The normalized spacial score (nSPS) is 10.7. The molecule has 0 unspecified atom stereocenters. The van der Waals surface area contributed by atoms with Gasteiger partial charge in [-0.25, -0.2) is 0 Å². The number of nitrogens with two attached hydrogens (primary N) is 1. The van der Waals surface area contributed by atoms with Gasteiger partial charge in [0.05, 0.1) is 23.0 Å². The Morgan fingerprint density at radius 3 is 2.50 bits per heavy atom. The van der Waals surface area contributed by atoms with Gasteiger partial charge in [-0.1, -0.05) is 0 Å². The maximum absolute atomic E-state index is 8.73. The first-order valence-corrected chi connectivity index (χ1v) is 4.50. The topological polar surface area (TPSA) is 61.8 Å². The van der Waals surface area contributed by atoms with Crippen LogP contribution in [0.1, 0.15) is 26.3 Å². The van der Waals surface area contributed by atoms with Gasteiger partial charge in [0.25, 0.3) is 0 Å². The molecular weight excluding hydrogens is 174 g/mol. The molecule has 0 saturated carbocycles. The van der Waals surface area contributed by atoms with Gasteiger partial charge >= 0.3 is 0 Å². The van der Waals surface area contributed by atoms with Gasteiger partial charge in [0.1, 0.15) is 0 Å². The van der Waals surface area contributed by atoms with Gasteiger partial charge in [-0.05, 0) is 39.0 Å². The van der Waals surface area contributed by atoms with E-state index >= 15 is 0 Å². The van der Waals surface area contributed by atoms with Gasteiger partial charge in [0.2, 0.25) is 0 Å². The average molecular weight is 189 g/mol. The molecule has 0 spiro atoms. The second-order valence-corrected chi connectivity index (χ2v) is 4.29. The highest BCUT2D eigenvalue weighted by Crippen LogP contribution is 2.23. The molecular formula is C11H15N3. The molecule has 14 heavy (non-hydrogen) atoms. The van der Waals surface area contributed by atoms with Crippen molar-refractivity contribution in [3.05, 3.63) is 23.8 Å². The van der Waals surface area contributed by atoms with Crippen LogP contribution in [0.2, 0.25) is 0 Å². The van der Waals surface area contributed by atoms with Crippen molar-refractivity contribution in [2.75, 3.05) is 11.1 Å². The molecule has 0 bridgehead atoms. The summed E-state index contributed by atoms with van der Waals surface area (Å²) < 4.78 is 0. The van der Waals surface area contributed by atoms with E-state index in [4.69, 9.17) is 11.0 Å². The van der Waals surface area contributed by atoms with Crippen molar-refractivity contribution in [1.82, 2.24) is 0 Å². The predicted molar refractivity (Wildman–Crippen MR) is 58.9 cm³/mol. The first kappa shape index (κ1) is 10.4. The van der Waals surface area contributed by atoms with Crippen LogP contribution < -0.4 is 11.1 Å². The number of rotatable bonds is 1. The molecule has 0 amide bonds. The lowest BCUT2D eigenvalue weighted by atomic mass is 10.1. The fourth-order valence-corrected chi connectivity index (χ4v) is 1.14. The van der Waals surface area contributed by atoms with E-state index in [1.54, 1.807) is 18.2 Å². The summed E-state index contributed by atoms with van der Waals surface area (Å²) in [6, 6.07) is 7.30. The van der Waals surface area contributed by atoms with E-state index in [0.29, 0.717) is 11.3 Å². The quantitative estimate of drug-likeness (QED) is 0.666. The molecule has 74 valence electrons. The molecule has 0 atom stereocenters. The molecule has 0 radical (unpaired) electrons. The summed E-state index contributed by atoms with van der Waals surface area (Å²) in [5.41, 5.74) is 7.82. The second kappa shape index (κ2) is 3.59. The number of nitrogens with one attached hydrogen (secondary N) is 1. The molecule has 3 nitrogen and oxygen atoms in total. The zero-order chi connectivity index (χ0) is 10.8. The predicted octanol–water partition coefficient (Wildman–Crippen LogP) is 2.35. The fourth-order valence-electron chi connectivity index (χ4n) is 1.14. The van der Waals surface area contributed by atoms with Crippen LogP contribution in [-0.2, 0) is 0 Å². The average Bonchev–Trinajstić information content (AvgIpc) is 2.06. The number of anilines is 2. The van der Waals surface area contributed by atoms with Crippen LogP contribution in [0.3, 0.4) is 0 Å². The monoisotopic (exact) mass is 189 g/mol. The SMILES string of the molecule is CC(C)(C)Nc1cc(C#N)ccc1N. The van der Waals surface area contributed by atoms with Gasteiger partial charge in [-0.15, -0.1) is 0 Å². The molecule has 3 heteroatoms. The number of nitriles is 1. The fraction of sp³-hybridized carbons (Fsp3) is 0.364. The van der Waals surface area contributed by atoms with Crippen molar-refractivity contribution in [2.45, 2.75) is 26.3 Å². The summed E-state index contributed by atoms with van der Waals surface area (Å²) in [6.07, 6.45) is 0. The largest absolute Gasteiger partial charge is 0.397 e. The van der Waals surface area contributed by atoms with Gasteiger partial charge in [-0.3, -0.25) is 0 Å². The third-order valence-electron chi connectivity index (χ3n) is 1.69.